The molecule has 0 saturated heterocycles. The maximum absolute atomic E-state index is 5.39. The van der Waals surface area contributed by atoms with Gasteiger partial charge in [0.25, 0.3) is 0 Å². The van der Waals surface area contributed by atoms with E-state index in [1.807, 2.05) is 24.3 Å². The summed E-state index contributed by atoms with van der Waals surface area (Å²) in [6, 6.07) is 12.2. The molecule has 0 radical (unpaired) electrons. The fourth-order valence-electron chi connectivity index (χ4n) is 1.41. The SMILES string of the molecule is C=C=COc1ccc2ccccc2c1I. The Hall–Kier alpha value is -1.25. The summed E-state index contributed by atoms with van der Waals surface area (Å²) in [7, 11) is 0. The first-order chi connectivity index (χ1) is 7.33. The van der Waals surface area contributed by atoms with Gasteiger partial charge in [0.05, 0.1) is 3.57 Å². The van der Waals surface area contributed by atoms with Gasteiger partial charge < -0.3 is 4.74 Å². The van der Waals surface area contributed by atoms with Gasteiger partial charge in [-0.3, -0.25) is 0 Å². The summed E-state index contributed by atoms with van der Waals surface area (Å²) in [6.07, 6.45) is 1.46. The van der Waals surface area contributed by atoms with Crippen molar-refractivity contribution in [1.82, 2.24) is 0 Å². The second-order valence-corrected chi connectivity index (χ2v) is 4.12. The molecule has 0 aliphatic rings. The third-order valence-electron chi connectivity index (χ3n) is 2.10. The lowest BCUT2D eigenvalue weighted by molar-refractivity contribution is 0.480. The zero-order chi connectivity index (χ0) is 10.7. The van der Waals surface area contributed by atoms with Gasteiger partial charge in [-0.1, -0.05) is 42.6 Å². The molecule has 15 heavy (non-hydrogen) atoms. The van der Waals surface area contributed by atoms with Crippen molar-refractivity contribution in [2.75, 3.05) is 0 Å². The van der Waals surface area contributed by atoms with E-state index in [2.05, 4.69) is 47.0 Å². The van der Waals surface area contributed by atoms with Crippen molar-refractivity contribution >= 4 is 33.4 Å². The minimum Gasteiger partial charge on any atom is -0.456 e. The molecule has 0 aromatic heterocycles. The molecule has 2 aromatic carbocycles. The molecule has 0 amide bonds. The molecule has 0 aliphatic heterocycles. The second kappa shape index (κ2) is 4.51. The highest BCUT2D eigenvalue weighted by Gasteiger charge is 2.04. The number of rotatable bonds is 2. The summed E-state index contributed by atoms with van der Waals surface area (Å²) in [6.45, 7) is 3.46. The Morgan fingerprint density at radius 3 is 2.80 bits per heavy atom. The van der Waals surface area contributed by atoms with Crippen LogP contribution in [0.15, 0.2) is 55.0 Å². The van der Waals surface area contributed by atoms with Gasteiger partial charge in [0, 0.05) is 0 Å². The lowest BCUT2D eigenvalue weighted by Crippen LogP contribution is -1.86. The number of benzene rings is 2. The third kappa shape index (κ3) is 2.06. The molecule has 2 rings (SSSR count). The fraction of sp³-hybridized carbons (Fsp3) is 0. The van der Waals surface area contributed by atoms with Gasteiger partial charge in [-0.05, 0) is 39.4 Å². The molecule has 0 N–H and O–H groups in total. The molecule has 0 spiro atoms. The maximum Gasteiger partial charge on any atom is 0.141 e. The first-order valence-electron chi connectivity index (χ1n) is 4.51. The van der Waals surface area contributed by atoms with Crippen LogP contribution < -0.4 is 4.74 Å². The summed E-state index contributed by atoms with van der Waals surface area (Å²) in [5.41, 5.74) is 2.59. The quantitative estimate of drug-likeness (QED) is 0.461. The van der Waals surface area contributed by atoms with Gasteiger partial charge in [-0.2, -0.15) is 0 Å². The highest BCUT2D eigenvalue weighted by atomic mass is 127. The van der Waals surface area contributed by atoms with Crippen molar-refractivity contribution in [2.45, 2.75) is 0 Å². The van der Waals surface area contributed by atoms with Crippen LogP contribution in [0.3, 0.4) is 0 Å². The molecular weight excluding hydrogens is 299 g/mol. The highest BCUT2D eigenvalue weighted by molar-refractivity contribution is 14.1. The minimum absolute atomic E-state index is 0.838. The number of hydrogen-bond acceptors (Lipinski definition) is 1. The average Bonchev–Trinajstić information content (AvgIpc) is 2.29. The molecule has 2 heteroatoms. The van der Waals surface area contributed by atoms with Crippen LogP contribution in [0, 0.1) is 3.57 Å². The first kappa shape index (κ1) is 10.3. The molecule has 1 nitrogen and oxygen atoms in total. The molecule has 2 aromatic rings. The summed E-state index contributed by atoms with van der Waals surface area (Å²) in [5.74, 6) is 0.838. The topological polar surface area (TPSA) is 9.23 Å². The predicted molar refractivity (Wildman–Crippen MR) is 71.0 cm³/mol. The van der Waals surface area contributed by atoms with Crippen LogP contribution in [-0.2, 0) is 0 Å². The van der Waals surface area contributed by atoms with Crippen molar-refractivity contribution < 1.29 is 4.74 Å². The van der Waals surface area contributed by atoms with Crippen LogP contribution in [0.25, 0.3) is 10.8 Å². The Morgan fingerprint density at radius 2 is 2.00 bits per heavy atom. The standard InChI is InChI=1S/C13H9IO/c1-2-9-15-12-8-7-10-5-3-4-6-11(10)13(12)14/h3-9H,1H2. The zero-order valence-corrected chi connectivity index (χ0v) is 10.2. The van der Waals surface area contributed by atoms with E-state index in [1.165, 1.54) is 17.0 Å². The molecule has 74 valence electrons. The first-order valence-corrected chi connectivity index (χ1v) is 5.59. The Kier molecular flexibility index (Phi) is 3.09. The Labute approximate surface area is 102 Å². The second-order valence-electron chi connectivity index (χ2n) is 3.04. The van der Waals surface area contributed by atoms with Crippen LogP contribution in [-0.4, -0.2) is 0 Å². The van der Waals surface area contributed by atoms with E-state index in [9.17, 15) is 0 Å². The number of halogens is 1. The summed E-state index contributed by atoms with van der Waals surface area (Å²) < 4.78 is 6.50. The summed E-state index contributed by atoms with van der Waals surface area (Å²) in [4.78, 5) is 0. The van der Waals surface area contributed by atoms with Gasteiger partial charge in [-0.15, -0.1) is 0 Å². The molecule has 0 fully saturated rings. The number of hydrogen-bond donors (Lipinski definition) is 0. The molecule has 0 atom stereocenters. The van der Waals surface area contributed by atoms with Crippen molar-refractivity contribution in [2.24, 2.45) is 0 Å². The molecule has 0 saturated carbocycles. The van der Waals surface area contributed by atoms with Crippen molar-refractivity contribution in [3.05, 3.63) is 58.5 Å². The zero-order valence-electron chi connectivity index (χ0n) is 8.03. The summed E-state index contributed by atoms with van der Waals surface area (Å²) >= 11 is 2.29. The molecule has 0 bridgehead atoms. The maximum atomic E-state index is 5.39. The Morgan fingerprint density at radius 1 is 1.20 bits per heavy atom. The largest absolute Gasteiger partial charge is 0.456 e. The lowest BCUT2D eigenvalue weighted by atomic mass is 10.1. The monoisotopic (exact) mass is 308 g/mol. The fourth-order valence-corrected chi connectivity index (χ4v) is 2.21. The van der Waals surface area contributed by atoms with Crippen LogP contribution in [0.1, 0.15) is 0 Å². The molecule has 0 unspecified atom stereocenters. The van der Waals surface area contributed by atoms with E-state index in [-0.39, 0.29) is 0 Å². The summed E-state index contributed by atoms with van der Waals surface area (Å²) in [5, 5.41) is 2.42. The van der Waals surface area contributed by atoms with E-state index in [1.54, 1.807) is 0 Å². The van der Waals surface area contributed by atoms with Gasteiger partial charge in [0.15, 0.2) is 0 Å². The number of fused-ring (bicyclic) bond motifs is 1. The van der Waals surface area contributed by atoms with E-state index in [0.29, 0.717) is 0 Å². The normalized spacial score (nSPS) is 9.67. The van der Waals surface area contributed by atoms with Crippen LogP contribution in [0.4, 0.5) is 0 Å². The van der Waals surface area contributed by atoms with Gasteiger partial charge in [0.2, 0.25) is 0 Å². The lowest BCUT2D eigenvalue weighted by Gasteiger charge is -2.05. The molecular formula is C13H9IO. The van der Waals surface area contributed by atoms with Gasteiger partial charge in [0.1, 0.15) is 12.0 Å². The molecule has 0 aliphatic carbocycles. The van der Waals surface area contributed by atoms with Gasteiger partial charge >= 0.3 is 0 Å². The smallest absolute Gasteiger partial charge is 0.141 e. The van der Waals surface area contributed by atoms with Crippen LogP contribution in [0.2, 0.25) is 0 Å². The van der Waals surface area contributed by atoms with Crippen LogP contribution in [0.5, 0.6) is 5.75 Å². The van der Waals surface area contributed by atoms with E-state index in [0.717, 1.165) is 9.32 Å². The van der Waals surface area contributed by atoms with Crippen molar-refractivity contribution in [3.63, 3.8) is 0 Å². The third-order valence-corrected chi connectivity index (χ3v) is 3.21. The van der Waals surface area contributed by atoms with Crippen LogP contribution >= 0.6 is 22.6 Å². The Bertz CT molecular complexity index is 539. The highest BCUT2D eigenvalue weighted by Crippen LogP contribution is 2.29. The van der Waals surface area contributed by atoms with E-state index < -0.39 is 0 Å². The van der Waals surface area contributed by atoms with Crippen molar-refractivity contribution in [1.29, 1.82) is 0 Å². The van der Waals surface area contributed by atoms with E-state index in [4.69, 9.17) is 4.74 Å². The Balaban J connectivity index is 2.59. The minimum atomic E-state index is 0.838. The van der Waals surface area contributed by atoms with Gasteiger partial charge in [-0.25, -0.2) is 0 Å². The predicted octanol–water partition coefficient (Wildman–Crippen LogP) is 4.12. The molecule has 0 heterocycles. The van der Waals surface area contributed by atoms with E-state index >= 15 is 0 Å². The van der Waals surface area contributed by atoms with Crippen molar-refractivity contribution in [3.8, 4) is 5.75 Å². The average molecular weight is 308 g/mol. The number of ether oxygens (including phenoxy) is 1.